The first-order chi connectivity index (χ1) is 13.5. The van der Waals surface area contributed by atoms with E-state index in [1.54, 1.807) is 0 Å². The van der Waals surface area contributed by atoms with Gasteiger partial charge in [-0.3, -0.25) is 0 Å². The molecule has 0 N–H and O–H groups in total. The van der Waals surface area contributed by atoms with E-state index in [1.165, 1.54) is 21.6 Å². The van der Waals surface area contributed by atoms with Gasteiger partial charge in [0.2, 0.25) is 0 Å². The van der Waals surface area contributed by atoms with E-state index in [2.05, 4.69) is 68.4 Å². The largest absolute Gasteiger partial charge is 0.304 e. The zero-order valence-electron chi connectivity index (χ0n) is 19.4. The summed E-state index contributed by atoms with van der Waals surface area (Å²) in [4.78, 5) is 8.75. The van der Waals surface area contributed by atoms with Crippen molar-refractivity contribution in [2.24, 2.45) is 0 Å². The first-order valence-corrected chi connectivity index (χ1v) is 12.0. The maximum Gasteiger partial charge on any atom is 0.0105 e. The zero-order valence-corrected chi connectivity index (χ0v) is 20.3. The third-order valence-electron chi connectivity index (χ3n) is 6.12. The third-order valence-corrected chi connectivity index (χ3v) is 6.70. The highest BCUT2D eigenvalue weighted by Crippen LogP contribution is 2.24. The summed E-state index contributed by atoms with van der Waals surface area (Å²) in [5.74, 6) is 0. The van der Waals surface area contributed by atoms with Crippen molar-refractivity contribution in [3.05, 3.63) is 28.8 Å². The van der Waals surface area contributed by atoms with Crippen molar-refractivity contribution < 1.29 is 0 Å². The summed E-state index contributed by atoms with van der Waals surface area (Å²) in [6.45, 7) is 23.6. The molecule has 3 nitrogen and oxygen atoms in total. The predicted octanol–water partition coefficient (Wildman–Crippen LogP) is 4.63. The summed E-state index contributed by atoms with van der Waals surface area (Å²) in [7, 11) is 0. The van der Waals surface area contributed by atoms with E-state index in [0.29, 0.717) is 0 Å². The van der Waals surface area contributed by atoms with Crippen molar-refractivity contribution in [3.63, 3.8) is 0 Å². The second-order valence-corrected chi connectivity index (χ2v) is 8.04. The average Bonchev–Trinajstić information content (AvgIpc) is 2.72. The van der Waals surface area contributed by atoms with Crippen molar-refractivity contribution >= 4 is 12.6 Å². The lowest BCUT2D eigenvalue weighted by molar-refractivity contribution is 0.304. The molecule has 0 aliphatic carbocycles. The molecule has 0 bridgehead atoms. The molecule has 0 aromatic heterocycles. The second-order valence-electron chi connectivity index (χ2n) is 7.59. The summed E-state index contributed by atoms with van der Waals surface area (Å²) in [6, 6.07) is 4.85. The van der Waals surface area contributed by atoms with Crippen LogP contribution in [0.5, 0.6) is 0 Å². The van der Waals surface area contributed by atoms with Crippen molar-refractivity contribution in [3.8, 4) is 0 Å². The highest BCUT2D eigenvalue weighted by atomic mass is 32.1. The van der Waals surface area contributed by atoms with Crippen LogP contribution in [0.15, 0.2) is 17.0 Å². The van der Waals surface area contributed by atoms with Gasteiger partial charge < -0.3 is 14.7 Å². The summed E-state index contributed by atoms with van der Waals surface area (Å²) >= 11 is 4.98. The van der Waals surface area contributed by atoms with Gasteiger partial charge in [-0.05, 0) is 75.2 Å². The Morgan fingerprint density at radius 1 is 0.571 bits per heavy atom. The third kappa shape index (κ3) is 8.44. The molecule has 0 amide bonds. The quantitative estimate of drug-likeness (QED) is 0.425. The van der Waals surface area contributed by atoms with E-state index in [9.17, 15) is 0 Å². The van der Waals surface area contributed by atoms with Crippen LogP contribution in [-0.4, -0.2) is 73.6 Å². The van der Waals surface area contributed by atoms with Crippen molar-refractivity contribution in [2.45, 2.75) is 65.7 Å². The van der Waals surface area contributed by atoms with E-state index in [0.717, 1.165) is 78.2 Å². The Bertz CT molecular complexity index is 498. The van der Waals surface area contributed by atoms with Crippen molar-refractivity contribution in [2.75, 3.05) is 58.9 Å². The van der Waals surface area contributed by atoms with Gasteiger partial charge in [-0.1, -0.05) is 53.7 Å². The molecule has 0 spiro atoms. The normalized spacial score (nSPS) is 11.9. The number of rotatable bonds is 15. The van der Waals surface area contributed by atoms with Crippen LogP contribution in [0.1, 0.15) is 58.2 Å². The fourth-order valence-corrected chi connectivity index (χ4v) is 4.17. The van der Waals surface area contributed by atoms with Gasteiger partial charge in [0.15, 0.2) is 0 Å². The molecule has 0 atom stereocenters. The number of likely N-dealkylation sites (N-methyl/N-ethyl adjacent to an activating group) is 3. The first kappa shape index (κ1) is 25.5. The number of nitrogens with zero attached hydrogens (tertiary/aromatic N) is 3. The SMILES string of the molecule is CCN(CC)CCc1cc(CCN(CC)CC)c(S)c(CCN(CC)CC)c1. The molecule has 0 saturated carbocycles. The minimum atomic E-state index is 1.10. The second kappa shape index (κ2) is 14.4. The van der Waals surface area contributed by atoms with Crippen LogP contribution in [0.25, 0.3) is 0 Å². The lowest BCUT2D eigenvalue weighted by Gasteiger charge is -2.22. The molecular weight excluding hydrogens is 362 g/mol. The Morgan fingerprint density at radius 3 is 1.21 bits per heavy atom. The van der Waals surface area contributed by atoms with Crippen molar-refractivity contribution in [1.29, 1.82) is 0 Å². The minimum Gasteiger partial charge on any atom is -0.304 e. The van der Waals surface area contributed by atoms with Gasteiger partial charge in [-0.15, -0.1) is 12.6 Å². The highest BCUT2D eigenvalue weighted by Gasteiger charge is 2.12. The van der Waals surface area contributed by atoms with Crippen LogP contribution < -0.4 is 0 Å². The summed E-state index contributed by atoms with van der Waals surface area (Å²) < 4.78 is 0. The highest BCUT2D eigenvalue weighted by molar-refractivity contribution is 7.80. The summed E-state index contributed by atoms with van der Waals surface area (Å²) in [5, 5.41) is 0. The van der Waals surface area contributed by atoms with Gasteiger partial charge in [-0.2, -0.15) is 0 Å². The lowest BCUT2D eigenvalue weighted by atomic mass is 9.99. The van der Waals surface area contributed by atoms with Crippen LogP contribution in [-0.2, 0) is 19.3 Å². The Balaban J connectivity index is 2.99. The lowest BCUT2D eigenvalue weighted by Crippen LogP contribution is -2.27. The molecule has 0 fully saturated rings. The Morgan fingerprint density at radius 2 is 0.893 bits per heavy atom. The van der Waals surface area contributed by atoms with Gasteiger partial charge in [0.1, 0.15) is 0 Å². The molecule has 0 aliphatic rings. The Kier molecular flexibility index (Phi) is 13.1. The summed E-state index contributed by atoms with van der Waals surface area (Å²) in [6.07, 6.45) is 3.32. The number of hydrogen-bond donors (Lipinski definition) is 1. The van der Waals surface area contributed by atoms with Crippen LogP contribution in [0.4, 0.5) is 0 Å². The maximum atomic E-state index is 4.98. The first-order valence-electron chi connectivity index (χ1n) is 11.5. The monoisotopic (exact) mass is 407 g/mol. The molecule has 162 valence electrons. The molecule has 0 saturated heterocycles. The maximum absolute atomic E-state index is 4.98. The topological polar surface area (TPSA) is 9.72 Å². The van der Waals surface area contributed by atoms with Gasteiger partial charge in [0, 0.05) is 24.5 Å². The predicted molar refractivity (Wildman–Crippen MR) is 128 cm³/mol. The molecular formula is C24H45N3S. The molecule has 0 aliphatic heterocycles. The van der Waals surface area contributed by atoms with Crippen molar-refractivity contribution in [1.82, 2.24) is 14.7 Å². The van der Waals surface area contributed by atoms with Crippen LogP contribution in [0, 0.1) is 0 Å². The Labute approximate surface area is 180 Å². The minimum absolute atomic E-state index is 1.10. The summed E-state index contributed by atoms with van der Waals surface area (Å²) in [5.41, 5.74) is 4.34. The van der Waals surface area contributed by atoms with E-state index in [1.807, 2.05) is 0 Å². The number of hydrogen-bond acceptors (Lipinski definition) is 4. The van der Waals surface area contributed by atoms with E-state index >= 15 is 0 Å². The Hall–Kier alpha value is -0.550. The van der Waals surface area contributed by atoms with E-state index in [4.69, 9.17) is 12.6 Å². The molecule has 0 unspecified atom stereocenters. The van der Waals surface area contributed by atoms with E-state index in [-0.39, 0.29) is 0 Å². The van der Waals surface area contributed by atoms with E-state index < -0.39 is 0 Å². The van der Waals surface area contributed by atoms with Gasteiger partial charge in [0.05, 0.1) is 0 Å². The number of thiol groups is 1. The molecule has 1 aromatic rings. The molecule has 0 heterocycles. The standard InChI is InChI=1S/C24H45N3S/c1-7-25(8-2)16-13-21-19-22(14-17-26(9-3)10-4)24(28)23(20-21)15-18-27(11-5)12-6/h19-20,28H,7-18H2,1-6H3. The van der Waals surface area contributed by atoms with Gasteiger partial charge in [-0.25, -0.2) is 0 Å². The van der Waals surface area contributed by atoms with Gasteiger partial charge in [0.25, 0.3) is 0 Å². The van der Waals surface area contributed by atoms with Crippen LogP contribution in [0.2, 0.25) is 0 Å². The molecule has 0 radical (unpaired) electrons. The smallest absolute Gasteiger partial charge is 0.0105 e. The molecule has 4 heteroatoms. The van der Waals surface area contributed by atoms with Crippen LogP contribution >= 0.6 is 12.6 Å². The fraction of sp³-hybridized carbons (Fsp3) is 0.750. The van der Waals surface area contributed by atoms with Crippen LogP contribution in [0.3, 0.4) is 0 Å². The molecule has 1 aromatic carbocycles. The zero-order chi connectivity index (χ0) is 20.9. The fourth-order valence-electron chi connectivity index (χ4n) is 3.82. The van der Waals surface area contributed by atoms with Gasteiger partial charge >= 0.3 is 0 Å². The number of benzene rings is 1. The average molecular weight is 408 g/mol. The molecule has 28 heavy (non-hydrogen) atoms. The molecule has 1 rings (SSSR count).